The summed E-state index contributed by atoms with van der Waals surface area (Å²) in [5.41, 5.74) is 1.83. The van der Waals surface area contributed by atoms with E-state index >= 15 is 0 Å². The number of allylic oxidation sites excluding steroid dienone is 1. The standard InChI is InChI=1S/C18H22N2O4S/c1-5-23-14-10-8-7-9-13(14)16-15(17(22)24-6-2)11(3)19-18(25-16)20-12(4)21/h7-10,16H,5-6H2,1-4H3,(H,19,20,21). The molecule has 1 amide bonds. The van der Waals surface area contributed by atoms with E-state index in [2.05, 4.69) is 10.3 Å². The number of nitrogens with one attached hydrogen (secondary N) is 1. The van der Waals surface area contributed by atoms with E-state index in [0.717, 1.165) is 5.56 Å². The molecular weight excluding hydrogens is 340 g/mol. The number of rotatable bonds is 5. The summed E-state index contributed by atoms with van der Waals surface area (Å²) in [7, 11) is 0. The van der Waals surface area contributed by atoms with Crippen molar-refractivity contribution < 1.29 is 19.1 Å². The number of nitrogens with zero attached hydrogens (tertiary/aromatic N) is 1. The second-order valence-corrected chi connectivity index (χ2v) is 6.38. The average molecular weight is 362 g/mol. The van der Waals surface area contributed by atoms with Gasteiger partial charge in [0, 0.05) is 12.5 Å². The van der Waals surface area contributed by atoms with Gasteiger partial charge in [-0.1, -0.05) is 30.0 Å². The van der Waals surface area contributed by atoms with Crippen molar-refractivity contribution in [3.8, 4) is 5.75 Å². The molecular formula is C18H22N2O4S. The van der Waals surface area contributed by atoms with Gasteiger partial charge in [0.1, 0.15) is 5.75 Å². The van der Waals surface area contributed by atoms with Gasteiger partial charge >= 0.3 is 5.97 Å². The van der Waals surface area contributed by atoms with Crippen molar-refractivity contribution in [1.29, 1.82) is 0 Å². The molecule has 0 aromatic heterocycles. The summed E-state index contributed by atoms with van der Waals surface area (Å²) in [5, 5.41) is 2.78. The lowest BCUT2D eigenvalue weighted by atomic mass is 10.0. The first-order valence-electron chi connectivity index (χ1n) is 8.10. The van der Waals surface area contributed by atoms with Gasteiger partial charge in [-0.3, -0.25) is 4.79 Å². The summed E-state index contributed by atoms with van der Waals surface area (Å²) in [6.45, 7) is 7.62. The van der Waals surface area contributed by atoms with Gasteiger partial charge in [-0.25, -0.2) is 9.79 Å². The normalized spacial score (nSPS) is 17.0. The van der Waals surface area contributed by atoms with Gasteiger partial charge in [-0.05, 0) is 26.8 Å². The van der Waals surface area contributed by atoms with Crippen molar-refractivity contribution in [3.63, 3.8) is 0 Å². The van der Waals surface area contributed by atoms with E-state index in [0.29, 0.717) is 28.8 Å². The summed E-state index contributed by atoms with van der Waals surface area (Å²) >= 11 is 1.30. The van der Waals surface area contributed by atoms with E-state index in [9.17, 15) is 9.59 Å². The van der Waals surface area contributed by atoms with E-state index in [1.807, 2.05) is 31.2 Å². The van der Waals surface area contributed by atoms with Crippen molar-refractivity contribution in [2.24, 2.45) is 4.99 Å². The van der Waals surface area contributed by atoms with Gasteiger partial charge in [0.2, 0.25) is 5.91 Å². The van der Waals surface area contributed by atoms with Crippen LogP contribution in [0.5, 0.6) is 5.75 Å². The minimum atomic E-state index is -0.408. The molecule has 25 heavy (non-hydrogen) atoms. The number of hydrogen-bond acceptors (Lipinski definition) is 6. The molecule has 0 aliphatic carbocycles. The quantitative estimate of drug-likeness (QED) is 0.814. The molecule has 1 aliphatic rings. The fraction of sp³-hybridized carbons (Fsp3) is 0.389. The van der Waals surface area contributed by atoms with Crippen LogP contribution in [0, 0.1) is 0 Å². The summed E-state index contributed by atoms with van der Waals surface area (Å²) in [5.74, 6) is 0.0751. The molecule has 0 fully saturated rings. The Bertz CT molecular complexity index is 728. The highest BCUT2D eigenvalue weighted by molar-refractivity contribution is 8.14. The molecule has 1 atom stereocenters. The third kappa shape index (κ3) is 4.63. The number of carbonyl (C=O) groups is 2. The van der Waals surface area contributed by atoms with Crippen LogP contribution in [0.2, 0.25) is 0 Å². The van der Waals surface area contributed by atoms with Crippen molar-refractivity contribution in [1.82, 2.24) is 5.32 Å². The van der Waals surface area contributed by atoms with Crippen molar-refractivity contribution in [2.45, 2.75) is 32.9 Å². The molecule has 0 spiro atoms. The van der Waals surface area contributed by atoms with Gasteiger partial charge < -0.3 is 14.8 Å². The molecule has 1 N–H and O–H groups in total. The monoisotopic (exact) mass is 362 g/mol. The van der Waals surface area contributed by atoms with Gasteiger partial charge in [0.05, 0.1) is 29.7 Å². The lowest BCUT2D eigenvalue weighted by molar-refractivity contribution is -0.138. The molecule has 6 nitrogen and oxygen atoms in total. The van der Waals surface area contributed by atoms with Crippen LogP contribution in [0.15, 0.2) is 40.5 Å². The molecule has 0 saturated carbocycles. The lowest BCUT2D eigenvalue weighted by Gasteiger charge is -2.26. The minimum absolute atomic E-state index is 0.213. The summed E-state index contributed by atoms with van der Waals surface area (Å²) in [6, 6.07) is 7.54. The van der Waals surface area contributed by atoms with E-state index in [1.54, 1.807) is 13.8 Å². The largest absolute Gasteiger partial charge is 0.494 e. The first-order valence-corrected chi connectivity index (χ1v) is 8.98. The predicted octanol–water partition coefficient (Wildman–Crippen LogP) is 3.20. The molecule has 1 aliphatic heterocycles. The number of hydrogen-bond donors (Lipinski definition) is 1. The highest BCUT2D eigenvalue weighted by atomic mass is 32.2. The third-order valence-electron chi connectivity index (χ3n) is 3.43. The van der Waals surface area contributed by atoms with Gasteiger partial charge in [0.15, 0.2) is 5.17 Å². The van der Waals surface area contributed by atoms with Gasteiger partial charge in [-0.2, -0.15) is 0 Å². The number of carbonyl (C=O) groups excluding carboxylic acids is 2. The van der Waals surface area contributed by atoms with Crippen LogP contribution in [-0.2, 0) is 14.3 Å². The zero-order valence-electron chi connectivity index (χ0n) is 14.8. The fourth-order valence-electron chi connectivity index (χ4n) is 2.47. The van der Waals surface area contributed by atoms with Crippen LogP contribution in [0.1, 0.15) is 38.5 Å². The average Bonchev–Trinajstić information content (AvgIpc) is 2.54. The van der Waals surface area contributed by atoms with Crippen LogP contribution in [-0.4, -0.2) is 30.3 Å². The number of thioether (sulfide) groups is 1. The zero-order valence-corrected chi connectivity index (χ0v) is 15.6. The molecule has 134 valence electrons. The maximum atomic E-state index is 12.5. The first-order chi connectivity index (χ1) is 12.0. The smallest absolute Gasteiger partial charge is 0.337 e. The van der Waals surface area contributed by atoms with E-state index < -0.39 is 5.97 Å². The van der Waals surface area contributed by atoms with Crippen LogP contribution >= 0.6 is 11.8 Å². The Morgan fingerprint density at radius 1 is 1.24 bits per heavy atom. The zero-order chi connectivity index (χ0) is 18.4. The molecule has 2 rings (SSSR count). The molecule has 0 radical (unpaired) electrons. The van der Waals surface area contributed by atoms with Crippen molar-refractivity contribution in [3.05, 3.63) is 41.1 Å². The molecule has 0 saturated heterocycles. The molecule has 1 heterocycles. The van der Waals surface area contributed by atoms with E-state index in [1.165, 1.54) is 18.7 Å². The van der Waals surface area contributed by atoms with Crippen LogP contribution in [0.3, 0.4) is 0 Å². The predicted molar refractivity (Wildman–Crippen MR) is 98.5 cm³/mol. The Morgan fingerprint density at radius 2 is 1.96 bits per heavy atom. The lowest BCUT2D eigenvalue weighted by Crippen LogP contribution is -2.30. The topological polar surface area (TPSA) is 77.0 Å². The van der Waals surface area contributed by atoms with Crippen LogP contribution in [0.25, 0.3) is 0 Å². The second-order valence-electron chi connectivity index (χ2n) is 5.29. The third-order valence-corrected chi connectivity index (χ3v) is 4.57. The van der Waals surface area contributed by atoms with Gasteiger partial charge in [0.25, 0.3) is 0 Å². The summed E-state index contributed by atoms with van der Waals surface area (Å²) < 4.78 is 10.9. The molecule has 7 heteroatoms. The summed E-state index contributed by atoms with van der Waals surface area (Å²) in [4.78, 5) is 28.3. The van der Waals surface area contributed by atoms with E-state index in [-0.39, 0.29) is 17.8 Å². The Balaban J connectivity index is 2.51. The highest BCUT2D eigenvalue weighted by Gasteiger charge is 2.33. The Labute approximate surface area is 151 Å². The number of benzene rings is 1. The molecule has 0 bridgehead atoms. The van der Waals surface area contributed by atoms with Gasteiger partial charge in [-0.15, -0.1) is 0 Å². The fourth-order valence-corrected chi connectivity index (χ4v) is 3.80. The van der Waals surface area contributed by atoms with Crippen molar-refractivity contribution in [2.75, 3.05) is 13.2 Å². The Hall–Kier alpha value is -2.28. The molecule has 1 aromatic rings. The SMILES string of the molecule is CCOC(=O)C1=C(C)N=C(NC(C)=O)SC1c1ccccc1OCC. The minimum Gasteiger partial charge on any atom is -0.494 e. The maximum Gasteiger partial charge on any atom is 0.337 e. The molecule has 1 unspecified atom stereocenters. The second kappa shape index (κ2) is 8.71. The van der Waals surface area contributed by atoms with Crippen molar-refractivity contribution >= 4 is 28.8 Å². The maximum absolute atomic E-state index is 12.5. The van der Waals surface area contributed by atoms with Crippen LogP contribution in [0.4, 0.5) is 0 Å². The number of esters is 1. The molecule has 1 aromatic carbocycles. The summed E-state index contributed by atoms with van der Waals surface area (Å²) in [6.07, 6.45) is 0. The highest BCUT2D eigenvalue weighted by Crippen LogP contribution is 2.45. The Morgan fingerprint density at radius 3 is 2.60 bits per heavy atom. The number of amidine groups is 1. The van der Waals surface area contributed by atoms with Crippen LogP contribution < -0.4 is 10.1 Å². The number of amides is 1. The Kier molecular flexibility index (Phi) is 6.64. The van der Waals surface area contributed by atoms with E-state index in [4.69, 9.17) is 9.47 Å². The number of para-hydroxylation sites is 1. The number of aliphatic imine (C=N–C) groups is 1. The first kappa shape index (κ1) is 19.1. The number of ether oxygens (including phenoxy) is 2.